The van der Waals surface area contributed by atoms with Crippen molar-refractivity contribution in [2.75, 3.05) is 6.54 Å². The summed E-state index contributed by atoms with van der Waals surface area (Å²) in [5.74, 6) is 0. The van der Waals surface area contributed by atoms with E-state index in [2.05, 4.69) is 37.4 Å². The van der Waals surface area contributed by atoms with E-state index < -0.39 is 0 Å². The fraction of sp³-hybridized carbons (Fsp3) is 0.684. The summed E-state index contributed by atoms with van der Waals surface area (Å²) in [6, 6.07) is 8.04. The average Bonchev–Trinajstić information content (AvgIpc) is 3.03. The summed E-state index contributed by atoms with van der Waals surface area (Å²) in [5, 5.41) is 3.71. The van der Waals surface area contributed by atoms with E-state index >= 15 is 0 Å². The van der Waals surface area contributed by atoms with Gasteiger partial charge in [-0.25, -0.2) is 0 Å². The lowest BCUT2D eigenvalue weighted by molar-refractivity contribution is 0.322. The van der Waals surface area contributed by atoms with Crippen LogP contribution in [0.4, 0.5) is 0 Å². The summed E-state index contributed by atoms with van der Waals surface area (Å²) >= 11 is 0. The molecule has 0 aromatic heterocycles. The molecule has 20 heavy (non-hydrogen) atoms. The van der Waals surface area contributed by atoms with E-state index in [0.717, 1.165) is 6.04 Å². The van der Waals surface area contributed by atoms with E-state index in [9.17, 15) is 0 Å². The van der Waals surface area contributed by atoms with Crippen molar-refractivity contribution in [3.63, 3.8) is 0 Å². The average molecular weight is 271 g/mol. The Morgan fingerprint density at radius 1 is 1.25 bits per heavy atom. The molecule has 2 atom stereocenters. The van der Waals surface area contributed by atoms with Crippen LogP contribution in [0.5, 0.6) is 0 Å². The third-order valence-corrected chi connectivity index (χ3v) is 5.31. The van der Waals surface area contributed by atoms with Gasteiger partial charge < -0.3 is 5.32 Å². The van der Waals surface area contributed by atoms with Crippen LogP contribution >= 0.6 is 0 Å². The smallest absolute Gasteiger partial charge is 0.00725 e. The number of rotatable bonds is 5. The monoisotopic (exact) mass is 271 g/mol. The molecule has 0 radical (unpaired) electrons. The van der Waals surface area contributed by atoms with Crippen molar-refractivity contribution in [3.05, 3.63) is 34.9 Å². The maximum atomic E-state index is 3.71. The predicted octanol–water partition coefficient (Wildman–Crippen LogP) is 4.28. The highest BCUT2D eigenvalue weighted by Gasteiger charge is 2.34. The summed E-state index contributed by atoms with van der Waals surface area (Å²) in [6.07, 6.45) is 10.6. The maximum absolute atomic E-state index is 3.71. The lowest BCUT2D eigenvalue weighted by atomic mass is 9.81. The van der Waals surface area contributed by atoms with Gasteiger partial charge in [-0.3, -0.25) is 0 Å². The zero-order valence-corrected chi connectivity index (χ0v) is 13.2. The van der Waals surface area contributed by atoms with Crippen molar-refractivity contribution in [3.8, 4) is 0 Å². The zero-order valence-electron chi connectivity index (χ0n) is 13.2. The van der Waals surface area contributed by atoms with Gasteiger partial charge in [-0.05, 0) is 80.0 Å². The molecule has 2 unspecified atom stereocenters. The maximum Gasteiger partial charge on any atom is 0.00725 e. The molecular weight excluding hydrogens is 242 g/mol. The highest BCUT2D eigenvalue weighted by atomic mass is 14.9. The van der Waals surface area contributed by atoms with E-state index in [1.54, 1.807) is 16.7 Å². The van der Waals surface area contributed by atoms with E-state index in [1.165, 1.54) is 57.9 Å². The minimum Gasteiger partial charge on any atom is -0.314 e. The Hall–Kier alpha value is -0.820. The minimum absolute atomic E-state index is 0.512. The largest absolute Gasteiger partial charge is 0.314 e. The third kappa shape index (κ3) is 3.09. The van der Waals surface area contributed by atoms with Crippen LogP contribution in [0.15, 0.2) is 18.2 Å². The van der Waals surface area contributed by atoms with Gasteiger partial charge in [-0.1, -0.05) is 32.0 Å². The van der Waals surface area contributed by atoms with Crippen molar-refractivity contribution < 1.29 is 0 Å². The number of nitrogens with one attached hydrogen (secondary N) is 1. The molecule has 0 heterocycles. The quantitative estimate of drug-likeness (QED) is 0.843. The molecule has 0 saturated heterocycles. The summed E-state index contributed by atoms with van der Waals surface area (Å²) in [7, 11) is 0. The number of hydrogen-bond donors (Lipinski definition) is 1. The van der Waals surface area contributed by atoms with Crippen LogP contribution in [0.25, 0.3) is 0 Å². The third-order valence-electron chi connectivity index (χ3n) is 5.31. The van der Waals surface area contributed by atoms with Crippen molar-refractivity contribution in [1.82, 2.24) is 5.32 Å². The number of aryl methyl sites for hydroxylation is 2. The Labute approximate surface area is 124 Å². The Morgan fingerprint density at radius 2 is 2.10 bits per heavy atom. The number of hydrogen-bond acceptors (Lipinski definition) is 1. The first kappa shape index (κ1) is 14.1. The molecule has 2 aliphatic carbocycles. The molecule has 1 saturated carbocycles. The van der Waals surface area contributed by atoms with E-state index in [0.29, 0.717) is 5.41 Å². The highest BCUT2D eigenvalue weighted by molar-refractivity contribution is 5.35. The summed E-state index contributed by atoms with van der Waals surface area (Å²) < 4.78 is 0. The van der Waals surface area contributed by atoms with E-state index in [4.69, 9.17) is 0 Å². The highest BCUT2D eigenvalue weighted by Crippen LogP contribution is 2.41. The van der Waals surface area contributed by atoms with Crippen LogP contribution in [0.1, 0.15) is 62.6 Å². The van der Waals surface area contributed by atoms with Gasteiger partial charge in [0, 0.05) is 6.04 Å². The second kappa shape index (κ2) is 5.89. The normalized spacial score (nSPS) is 28.8. The van der Waals surface area contributed by atoms with Crippen LogP contribution in [0, 0.1) is 5.41 Å². The van der Waals surface area contributed by atoms with Crippen molar-refractivity contribution >= 4 is 0 Å². The molecule has 1 nitrogen and oxygen atoms in total. The van der Waals surface area contributed by atoms with Gasteiger partial charge in [-0.2, -0.15) is 0 Å². The van der Waals surface area contributed by atoms with Crippen molar-refractivity contribution in [2.24, 2.45) is 5.41 Å². The minimum atomic E-state index is 0.512. The van der Waals surface area contributed by atoms with Gasteiger partial charge >= 0.3 is 0 Å². The second-order valence-corrected chi connectivity index (χ2v) is 7.34. The van der Waals surface area contributed by atoms with Gasteiger partial charge in [0.05, 0.1) is 0 Å². The molecule has 1 aromatic rings. The Balaban J connectivity index is 1.62. The molecule has 110 valence electrons. The lowest BCUT2D eigenvalue weighted by Gasteiger charge is -2.25. The van der Waals surface area contributed by atoms with Gasteiger partial charge in [0.15, 0.2) is 0 Å². The van der Waals surface area contributed by atoms with Crippen LogP contribution in [0.2, 0.25) is 0 Å². The molecule has 1 fully saturated rings. The first-order valence-electron chi connectivity index (χ1n) is 8.53. The molecule has 3 rings (SSSR count). The summed E-state index contributed by atoms with van der Waals surface area (Å²) in [6.45, 7) is 5.93. The van der Waals surface area contributed by atoms with Crippen LogP contribution in [0.3, 0.4) is 0 Å². The fourth-order valence-corrected chi connectivity index (χ4v) is 4.23. The predicted molar refractivity (Wildman–Crippen MR) is 86.2 cm³/mol. The van der Waals surface area contributed by atoms with Gasteiger partial charge in [0.25, 0.3) is 0 Å². The number of benzene rings is 1. The molecule has 0 aliphatic heterocycles. The van der Waals surface area contributed by atoms with E-state index in [1.807, 2.05) is 0 Å². The first-order chi connectivity index (χ1) is 9.68. The lowest BCUT2D eigenvalue weighted by Crippen LogP contribution is -2.28. The Bertz CT molecular complexity index is 465. The Morgan fingerprint density at radius 3 is 2.95 bits per heavy atom. The zero-order chi connectivity index (χ0) is 14.0. The molecule has 0 bridgehead atoms. The SMILES string of the molecule is CCCNC1CCC(C)(Cc2ccc3c(c2)CCC3)C1. The van der Waals surface area contributed by atoms with Crippen LogP contribution in [-0.2, 0) is 19.3 Å². The second-order valence-electron chi connectivity index (χ2n) is 7.34. The topological polar surface area (TPSA) is 12.0 Å². The van der Waals surface area contributed by atoms with E-state index in [-0.39, 0.29) is 0 Å². The molecule has 0 amide bonds. The van der Waals surface area contributed by atoms with Crippen LogP contribution < -0.4 is 5.32 Å². The van der Waals surface area contributed by atoms with Crippen molar-refractivity contribution in [1.29, 1.82) is 0 Å². The molecule has 2 aliphatic rings. The molecular formula is C19H29N. The molecule has 1 heteroatoms. The summed E-state index contributed by atoms with van der Waals surface area (Å²) in [4.78, 5) is 0. The molecule has 1 aromatic carbocycles. The van der Waals surface area contributed by atoms with Crippen LogP contribution in [-0.4, -0.2) is 12.6 Å². The van der Waals surface area contributed by atoms with Gasteiger partial charge in [-0.15, -0.1) is 0 Å². The van der Waals surface area contributed by atoms with Gasteiger partial charge in [0.2, 0.25) is 0 Å². The van der Waals surface area contributed by atoms with Crippen molar-refractivity contribution in [2.45, 2.75) is 71.3 Å². The standard InChI is InChI=1S/C19H29N/c1-3-11-20-18-9-10-19(2,14-18)13-15-7-8-16-5-4-6-17(16)12-15/h7-8,12,18,20H,3-6,9-11,13-14H2,1-2H3. The number of fused-ring (bicyclic) bond motifs is 1. The molecule has 1 N–H and O–H groups in total. The Kier molecular flexibility index (Phi) is 4.16. The summed E-state index contributed by atoms with van der Waals surface area (Å²) in [5.41, 5.74) is 5.32. The fourth-order valence-electron chi connectivity index (χ4n) is 4.23. The van der Waals surface area contributed by atoms with Gasteiger partial charge in [0.1, 0.15) is 0 Å². The molecule has 0 spiro atoms. The first-order valence-corrected chi connectivity index (χ1v) is 8.53.